The molecule has 0 aromatic heterocycles. The van der Waals surface area contributed by atoms with Crippen LogP contribution >= 0.6 is 50.9 Å². The van der Waals surface area contributed by atoms with Gasteiger partial charge < -0.3 is 5.11 Å². The van der Waals surface area contributed by atoms with Gasteiger partial charge in [-0.1, -0.05) is 51.3 Å². The van der Waals surface area contributed by atoms with Gasteiger partial charge >= 0.3 is 0 Å². The molecule has 0 bridgehead atoms. The number of aromatic hydroxyl groups is 1. The second-order valence-electron chi connectivity index (χ2n) is 5.22. The van der Waals surface area contributed by atoms with E-state index < -0.39 is 5.91 Å². The summed E-state index contributed by atoms with van der Waals surface area (Å²) in [6.45, 7) is 0.133. The first-order valence-corrected chi connectivity index (χ1v) is 9.39. The van der Waals surface area contributed by atoms with Crippen molar-refractivity contribution < 1.29 is 14.7 Å². The van der Waals surface area contributed by atoms with E-state index in [-0.39, 0.29) is 27.5 Å². The first-order chi connectivity index (χ1) is 11.8. The van der Waals surface area contributed by atoms with Crippen molar-refractivity contribution in [3.8, 4) is 5.75 Å². The van der Waals surface area contributed by atoms with Crippen LogP contribution in [0.15, 0.2) is 45.8 Å². The molecule has 1 saturated heterocycles. The molecule has 25 heavy (non-hydrogen) atoms. The van der Waals surface area contributed by atoms with Crippen LogP contribution in [0.2, 0.25) is 10.0 Å². The molecule has 1 fully saturated rings. The average Bonchev–Trinajstić information content (AvgIpc) is 2.80. The number of imide groups is 1. The maximum Gasteiger partial charge on any atom is 0.293 e. The van der Waals surface area contributed by atoms with Gasteiger partial charge in [-0.15, -0.1) is 0 Å². The molecule has 4 nitrogen and oxygen atoms in total. The zero-order chi connectivity index (χ0) is 18.1. The zero-order valence-corrected chi connectivity index (χ0v) is 16.4. The molecular formula is C17H10BrCl2NO3S. The van der Waals surface area contributed by atoms with Crippen molar-refractivity contribution >= 4 is 68.1 Å². The summed E-state index contributed by atoms with van der Waals surface area (Å²) in [5, 5.41) is 10.3. The number of hydrogen-bond acceptors (Lipinski definition) is 4. The minimum Gasteiger partial charge on any atom is -0.506 e. The van der Waals surface area contributed by atoms with Gasteiger partial charge in [-0.3, -0.25) is 14.5 Å². The standard InChI is InChI=1S/C17H10BrCl2NO3S/c18-11-5-10(15(22)13(20)7-11)6-14-16(23)21(17(24)25-14)8-9-2-1-3-12(19)4-9/h1-7,22H,8H2/b14-6-. The molecular weight excluding hydrogens is 449 g/mol. The normalized spacial score (nSPS) is 16.1. The van der Waals surface area contributed by atoms with Crippen molar-refractivity contribution in [2.24, 2.45) is 0 Å². The Bertz CT molecular complexity index is 917. The lowest BCUT2D eigenvalue weighted by atomic mass is 10.1. The Labute approximate surface area is 166 Å². The second-order valence-corrected chi connectivity index (χ2v) is 7.98. The summed E-state index contributed by atoms with van der Waals surface area (Å²) in [7, 11) is 0. The van der Waals surface area contributed by atoms with Crippen molar-refractivity contribution in [3.63, 3.8) is 0 Å². The summed E-state index contributed by atoms with van der Waals surface area (Å²) in [6, 6.07) is 10.1. The molecule has 8 heteroatoms. The third-order valence-corrected chi connectivity index (χ3v) is 5.34. The number of carbonyl (C=O) groups is 2. The number of thioether (sulfide) groups is 1. The maximum atomic E-state index is 12.5. The topological polar surface area (TPSA) is 57.6 Å². The van der Waals surface area contributed by atoms with Gasteiger partial charge in [0.25, 0.3) is 11.1 Å². The van der Waals surface area contributed by atoms with Gasteiger partial charge in [0.15, 0.2) is 0 Å². The molecule has 1 aliphatic heterocycles. The second kappa shape index (κ2) is 7.41. The molecule has 2 aromatic carbocycles. The van der Waals surface area contributed by atoms with Crippen LogP contribution in [-0.2, 0) is 11.3 Å². The van der Waals surface area contributed by atoms with Crippen LogP contribution < -0.4 is 0 Å². The number of rotatable bonds is 3. The van der Waals surface area contributed by atoms with E-state index >= 15 is 0 Å². The number of phenols is 1. The number of amides is 2. The number of halogens is 3. The lowest BCUT2D eigenvalue weighted by Gasteiger charge is -2.12. The van der Waals surface area contributed by atoms with Gasteiger partial charge in [-0.2, -0.15) is 0 Å². The van der Waals surface area contributed by atoms with E-state index in [9.17, 15) is 14.7 Å². The van der Waals surface area contributed by atoms with Crippen molar-refractivity contribution in [2.45, 2.75) is 6.54 Å². The lowest BCUT2D eigenvalue weighted by Crippen LogP contribution is -2.27. The van der Waals surface area contributed by atoms with Crippen molar-refractivity contribution in [1.82, 2.24) is 4.90 Å². The first-order valence-electron chi connectivity index (χ1n) is 7.03. The highest BCUT2D eigenvalue weighted by Crippen LogP contribution is 2.37. The Balaban J connectivity index is 1.89. The van der Waals surface area contributed by atoms with Crippen LogP contribution in [0.4, 0.5) is 4.79 Å². The smallest absolute Gasteiger partial charge is 0.293 e. The number of benzene rings is 2. The molecule has 0 spiro atoms. The zero-order valence-electron chi connectivity index (χ0n) is 12.5. The Morgan fingerprint density at radius 3 is 2.68 bits per heavy atom. The summed E-state index contributed by atoms with van der Waals surface area (Å²) in [6.07, 6.45) is 1.45. The summed E-state index contributed by atoms with van der Waals surface area (Å²) >= 11 is 16.0. The fourth-order valence-corrected chi connectivity index (χ4v) is 4.17. The van der Waals surface area contributed by atoms with E-state index in [1.165, 1.54) is 6.08 Å². The number of phenolic OH excluding ortho intramolecular Hbond substituents is 1. The van der Waals surface area contributed by atoms with Crippen molar-refractivity contribution in [2.75, 3.05) is 0 Å². The van der Waals surface area contributed by atoms with E-state index in [2.05, 4.69) is 15.9 Å². The Hall–Kier alpha value is -1.47. The molecule has 1 heterocycles. The quantitative estimate of drug-likeness (QED) is 0.599. The highest BCUT2D eigenvalue weighted by molar-refractivity contribution is 9.10. The highest BCUT2D eigenvalue weighted by Gasteiger charge is 2.35. The molecule has 128 valence electrons. The summed E-state index contributed by atoms with van der Waals surface area (Å²) in [5.74, 6) is -0.572. The first kappa shape index (κ1) is 18.3. The molecule has 0 aliphatic carbocycles. The van der Waals surface area contributed by atoms with Gasteiger partial charge in [-0.25, -0.2) is 0 Å². The van der Waals surface area contributed by atoms with Crippen molar-refractivity contribution in [3.05, 3.63) is 66.9 Å². The van der Waals surface area contributed by atoms with Gasteiger partial charge in [0, 0.05) is 15.1 Å². The molecule has 1 N–H and O–H groups in total. The van der Waals surface area contributed by atoms with Crippen LogP contribution in [0.1, 0.15) is 11.1 Å². The maximum absolute atomic E-state index is 12.5. The van der Waals surface area contributed by atoms with Crippen LogP contribution in [-0.4, -0.2) is 21.2 Å². The number of carbonyl (C=O) groups excluding carboxylic acids is 2. The molecule has 0 saturated carbocycles. The third-order valence-electron chi connectivity index (χ3n) is 3.45. The Morgan fingerprint density at radius 1 is 1.20 bits per heavy atom. The van der Waals surface area contributed by atoms with Crippen LogP contribution in [0.25, 0.3) is 6.08 Å². The van der Waals surface area contributed by atoms with E-state index in [1.807, 2.05) is 0 Å². The molecule has 0 atom stereocenters. The highest BCUT2D eigenvalue weighted by atomic mass is 79.9. The van der Waals surface area contributed by atoms with E-state index in [0.29, 0.717) is 15.1 Å². The summed E-state index contributed by atoms with van der Waals surface area (Å²) < 4.78 is 0.653. The Kier molecular flexibility index (Phi) is 5.43. The molecule has 2 amide bonds. The summed E-state index contributed by atoms with van der Waals surface area (Å²) in [5.41, 5.74) is 1.11. The molecule has 0 unspecified atom stereocenters. The fraction of sp³-hybridized carbons (Fsp3) is 0.0588. The average molecular weight is 459 g/mol. The third kappa shape index (κ3) is 4.03. The van der Waals surface area contributed by atoms with E-state index in [0.717, 1.165) is 22.2 Å². The van der Waals surface area contributed by atoms with Gasteiger partial charge in [0.05, 0.1) is 16.5 Å². The summed E-state index contributed by atoms with van der Waals surface area (Å²) in [4.78, 5) is 26.1. The van der Waals surface area contributed by atoms with Crippen molar-refractivity contribution in [1.29, 1.82) is 0 Å². The van der Waals surface area contributed by atoms with Gasteiger partial charge in [-0.05, 0) is 47.7 Å². The number of nitrogens with zero attached hydrogens (tertiary/aromatic N) is 1. The predicted octanol–water partition coefficient (Wildman–Crippen LogP) is 5.70. The predicted molar refractivity (Wildman–Crippen MR) is 104 cm³/mol. The van der Waals surface area contributed by atoms with Gasteiger partial charge in [0.2, 0.25) is 0 Å². The fourth-order valence-electron chi connectivity index (χ4n) is 2.29. The number of hydrogen-bond donors (Lipinski definition) is 1. The molecule has 0 radical (unpaired) electrons. The SMILES string of the molecule is O=C1S/C(=C\c2cc(Br)cc(Cl)c2O)C(=O)N1Cc1cccc(Cl)c1. The van der Waals surface area contributed by atoms with Crippen LogP contribution in [0, 0.1) is 0 Å². The van der Waals surface area contributed by atoms with Gasteiger partial charge in [0.1, 0.15) is 5.75 Å². The molecule has 1 aliphatic rings. The van der Waals surface area contributed by atoms with Crippen LogP contribution in [0.3, 0.4) is 0 Å². The molecule has 2 aromatic rings. The van der Waals surface area contributed by atoms with Crippen LogP contribution in [0.5, 0.6) is 5.75 Å². The lowest BCUT2D eigenvalue weighted by molar-refractivity contribution is -0.123. The van der Waals surface area contributed by atoms with E-state index in [4.69, 9.17) is 23.2 Å². The largest absolute Gasteiger partial charge is 0.506 e. The van der Waals surface area contributed by atoms with E-state index in [1.54, 1.807) is 36.4 Å². The Morgan fingerprint density at radius 2 is 1.96 bits per heavy atom. The molecule has 3 rings (SSSR count). The minimum absolute atomic E-state index is 0.133. The monoisotopic (exact) mass is 457 g/mol. The minimum atomic E-state index is -0.425.